The third-order valence-corrected chi connectivity index (χ3v) is 2.38. The number of aromatic amines is 1. The van der Waals surface area contributed by atoms with Crippen molar-refractivity contribution in [3.63, 3.8) is 0 Å². The number of rotatable bonds is 1. The van der Waals surface area contributed by atoms with Crippen molar-refractivity contribution in [1.82, 2.24) is 9.55 Å². The summed E-state index contributed by atoms with van der Waals surface area (Å²) in [5.74, 6) is 0. The SMILES string of the molecule is O=c1[nH]c(CO)c2n1CCCC2. The molecular formula is C8H12N2O2. The van der Waals surface area contributed by atoms with Gasteiger partial charge in [-0.15, -0.1) is 0 Å². The number of aromatic nitrogens is 2. The molecule has 0 atom stereocenters. The van der Waals surface area contributed by atoms with Crippen LogP contribution in [0.4, 0.5) is 0 Å². The first-order valence-electron chi connectivity index (χ1n) is 4.24. The molecule has 4 nitrogen and oxygen atoms in total. The van der Waals surface area contributed by atoms with Crippen LogP contribution < -0.4 is 5.69 Å². The van der Waals surface area contributed by atoms with Gasteiger partial charge in [-0.2, -0.15) is 0 Å². The maximum Gasteiger partial charge on any atom is 0.325 e. The lowest BCUT2D eigenvalue weighted by molar-refractivity contribution is 0.275. The molecule has 0 radical (unpaired) electrons. The lowest BCUT2D eigenvalue weighted by atomic mass is 10.1. The zero-order valence-corrected chi connectivity index (χ0v) is 6.84. The van der Waals surface area contributed by atoms with Crippen LogP contribution in [0.25, 0.3) is 0 Å². The van der Waals surface area contributed by atoms with Crippen molar-refractivity contribution in [3.8, 4) is 0 Å². The van der Waals surface area contributed by atoms with Gasteiger partial charge in [-0.05, 0) is 19.3 Å². The molecule has 1 aliphatic heterocycles. The summed E-state index contributed by atoms with van der Waals surface area (Å²) < 4.78 is 1.73. The Kier molecular flexibility index (Phi) is 1.77. The molecule has 2 N–H and O–H groups in total. The fourth-order valence-corrected chi connectivity index (χ4v) is 1.77. The molecule has 0 saturated carbocycles. The van der Waals surface area contributed by atoms with E-state index in [0.29, 0.717) is 5.69 Å². The van der Waals surface area contributed by atoms with Gasteiger partial charge in [0, 0.05) is 12.2 Å². The lowest BCUT2D eigenvalue weighted by Gasteiger charge is -2.13. The lowest BCUT2D eigenvalue weighted by Crippen LogP contribution is -2.21. The quantitative estimate of drug-likeness (QED) is 0.620. The van der Waals surface area contributed by atoms with Crippen LogP contribution in [0.5, 0.6) is 0 Å². The molecule has 1 aromatic heterocycles. The van der Waals surface area contributed by atoms with E-state index >= 15 is 0 Å². The van der Waals surface area contributed by atoms with Gasteiger partial charge in [-0.1, -0.05) is 0 Å². The van der Waals surface area contributed by atoms with Gasteiger partial charge >= 0.3 is 5.69 Å². The maximum atomic E-state index is 11.2. The summed E-state index contributed by atoms with van der Waals surface area (Å²) in [6.45, 7) is 0.738. The number of nitrogens with zero attached hydrogens (tertiary/aromatic N) is 1. The molecule has 0 aliphatic carbocycles. The first-order chi connectivity index (χ1) is 5.83. The number of hydrogen-bond acceptors (Lipinski definition) is 2. The van der Waals surface area contributed by atoms with E-state index < -0.39 is 0 Å². The third kappa shape index (κ3) is 0.992. The number of fused-ring (bicyclic) bond motifs is 1. The number of aliphatic hydroxyl groups is 1. The Morgan fingerprint density at radius 2 is 2.33 bits per heavy atom. The van der Waals surface area contributed by atoms with Gasteiger partial charge in [0.1, 0.15) is 0 Å². The summed E-state index contributed by atoms with van der Waals surface area (Å²) in [6.07, 6.45) is 3.09. The maximum absolute atomic E-state index is 11.2. The molecular weight excluding hydrogens is 156 g/mol. The minimum atomic E-state index is -0.0752. The van der Waals surface area contributed by atoms with Gasteiger partial charge in [-0.25, -0.2) is 4.79 Å². The molecule has 0 fully saturated rings. The fraction of sp³-hybridized carbons (Fsp3) is 0.625. The summed E-state index contributed by atoms with van der Waals surface area (Å²) in [7, 11) is 0. The topological polar surface area (TPSA) is 58.0 Å². The summed E-state index contributed by atoms with van der Waals surface area (Å²) in [4.78, 5) is 13.9. The largest absolute Gasteiger partial charge is 0.390 e. The number of H-pyrrole nitrogens is 1. The van der Waals surface area contributed by atoms with Crippen LogP contribution >= 0.6 is 0 Å². The van der Waals surface area contributed by atoms with Gasteiger partial charge in [0.15, 0.2) is 0 Å². The Balaban J connectivity index is 2.54. The summed E-state index contributed by atoms with van der Waals surface area (Å²) in [6, 6.07) is 0. The number of nitrogens with one attached hydrogen (secondary N) is 1. The van der Waals surface area contributed by atoms with E-state index in [4.69, 9.17) is 5.11 Å². The Labute approximate surface area is 69.8 Å². The van der Waals surface area contributed by atoms with Crippen molar-refractivity contribution < 1.29 is 5.11 Å². The van der Waals surface area contributed by atoms with E-state index in [2.05, 4.69) is 4.98 Å². The molecule has 4 heteroatoms. The van der Waals surface area contributed by atoms with E-state index in [1.165, 1.54) is 0 Å². The second-order valence-electron chi connectivity index (χ2n) is 3.12. The van der Waals surface area contributed by atoms with Crippen molar-refractivity contribution in [2.24, 2.45) is 0 Å². The van der Waals surface area contributed by atoms with E-state index in [9.17, 15) is 4.79 Å². The molecule has 0 aromatic carbocycles. The van der Waals surface area contributed by atoms with Crippen molar-refractivity contribution in [2.45, 2.75) is 32.4 Å². The molecule has 2 heterocycles. The van der Waals surface area contributed by atoms with Gasteiger partial charge < -0.3 is 10.1 Å². The molecule has 12 heavy (non-hydrogen) atoms. The van der Waals surface area contributed by atoms with Crippen LogP contribution in [0.3, 0.4) is 0 Å². The normalized spacial score (nSPS) is 16.1. The molecule has 1 aromatic rings. The molecule has 0 unspecified atom stereocenters. The van der Waals surface area contributed by atoms with Crippen LogP contribution in [0, 0.1) is 0 Å². The second-order valence-corrected chi connectivity index (χ2v) is 3.12. The van der Waals surface area contributed by atoms with Crippen molar-refractivity contribution in [1.29, 1.82) is 0 Å². The van der Waals surface area contributed by atoms with E-state index in [0.717, 1.165) is 31.5 Å². The monoisotopic (exact) mass is 168 g/mol. The molecule has 1 aliphatic rings. The Bertz CT molecular complexity index is 337. The molecule has 0 amide bonds. The number of aliphatic hydroxyl groups excluding tert-OH is 1. The van der Waals surface area contributed by atoms with E-state index in [1.54, 1.807) is 4.57 Å². The summed E-state index contributed by atoms with van der Waals surface area (Å²) >= 11 is 0. The van der Waals surface area contributed by atoms with Crippen LogP contribution in [0.1, 0.15) is 24.2 Å². The van der Waals surface area contributed by atoms with Gasteiger partial charge in [0.05, 0.1) is 12.3 Å². The minimum absolute atomic E-state index is 0.0580. The van der Waals surface area contributed by atoms with Crippen LogP contribution in [0.2, 0.25) is 0 Å². The van der Waals surface area contributed by atoms with E-state index in [1.807, 2.05) is 0 Å². The first kappa shape index (κ1) is 7.61. The predicted molar refractivity (Wildman–Crippen MR) is 43.9 cm³/mol. The highest BCUT2D eigenvalue weighted by Gasteiger charge is 2.15. The number of imidazole rings is 1. The highest BCUT2D eigenvalue weighted by atomic mass is 16.3. The van der Waals surface area contributed by atoms with Crippen molar-refractivity contribution in [2.75, 3.05) is 0 Å². The van der Waals surface area contributed by atoms with Crippen LogP contribution in [-0.4, -0.2) is 14.7 Å². The Hall–Kier alpha value is -1.03. The fourth-order valence-electron chi connectivity index (χ4n) is 1.77. The van der Waals surface area contributed by atoms with Gasteiger partial charge in [0.2, 0.25) is 0 Å². The minimum Gasteiger partial charge on any atom is -0.390 e. The molecule has 0 bridgehead atoms. The average molecular weight is 168 g/mol. The molecule has 0 spiro atoms. The molecule has 2 rings (SSSR count). The first-order valence-corrected chi connectivity index (χ1v) is 4.24. The Morgan fingerprint density at radius 3 is 3.08 bits per heavy atom. The Morgan fingerprint density at radius 1 is 1.50 bits per heavy atom. The zero-order chi connectivity index (χ0) is 8.55. The predicted octanol–water partition coefficient (Wildman–Crippen LogP) is 0.00500. The zero-order valence-electron chi connectivity index (χ0n) is 6.84. The molecule has 66 valence electrons. The highest BCUT2D eigenvalue weighted by molar-refractivity contribution is 5.13. The highest BCUT2D eigenvalue weighted by Crippen LogP contribution is 2.14. The second kappa shape index (κ2) is 2.79. The van der Waals surface area contributed by atoms with Crippen molar-refractivity contribution in [3.05, 3.63) is 21.9 Å². The molecule has 0 saturated heterocycles. The standard InChI is InChI=1S/C8H12N2O2/c11-5-6-7-3-1-2-4-10(7)8(12)9-6/h11H,1-5H2,(H,9,12). The smallest absolute Gasteiger partial charge is 0.325 e. The summed E-state index contributed by atoms with van der Waals surface area (Å²) in [5, 5.41) is 8.92. The van der Waals surface area contributed by atoms with Gasteiger partial charge in [0.25, 0.3) is 0 Å². The van der Waals surface area contributed by atoms with E-state index in [-0.39, 0.29) is 12.3 Å². The van der Waals surface area contributed by atoms with Crippen LogP contribution in [-0.2, 0) is 19.6 Å². The number of hydrogen-bond donors (Lipinski definition) is 2. The van der Waals surface area contributed by atoms with Gasteiger partial charge in [-0.3, -0.25) is 4.57 Å². The summed E-state index contributed by atoms with van der Waals surface area (Å²) in [5.41, 5.74) is 1.61. The van der Waals surface area contributed by atoms with Crippen LogP contribution in [0.15, 0.2) is 4.79 Å². The third-order valence-electron chi connectivity index (χ3n) is 2.38. The van der Waals surface area contributed by atoms with Crippen molar-refractivity contribution >= 4 is 0 Å². The average Bonchev–Trinajstić information content (AvgIpc) is 2.44.